The highest BCUT2D eigenvalue weighted by Crippen LogP contribution is 2.26. The smallest absolute Gasteiger partial charge is 0.218 e. The number of rotatable bonds is 2. The number of benzene rings is 1. The monoisotopic (exact) mass is 365 g/mol. The van der Waals surface area contributed by atoms with E-state index in [1.54, 1.807) is 0 Å². The van der Waals surface area contributed by atoms with E-state index in [1.165, 1.54) is 18.3 Å². The molecule has 1 aromatic heterocycles. The van der Waals surface area contributed by atoms with Gasteiger partial charge in [0.2, 0.25) is 5.78 Å². The normalized spacial score (nSPS) is 10.6. The van der Waals surface area contributed by atoms with Gasteiger partial charge in [-0.3, -0.25) is 4.79 Å². The van der Waals surface area contributed by atoms with Crippen molar-refractivity contribution >= 4 is 44.9 Å². The molecule has 0 fully saturated rings. The zero-order valence-electron chi connectivity index (χ0n) is 9.05. The van der Waals surface area contributed by atoms with Crippen LogP contribution in [0.5, 0.6) is 0 Å². The fraction of sp³-hybridized carbons (Fsp3) is 0. The van der Waals surface area contributed by atoms with Crippen LogP contribution < -0.4 is 0 Å². The van der Waals surface area contributed by atoms with Gasteiger partial charge in [-0.05, 0) is 34.1 Å². The molecule has 0 N–H and O–H groups in total. The molecule has 2 nitrogen and oxygen atoms in total. The summed E-state index contributed by atoms with van der Waals surface area (Å²) in [5.74, 6) is -2.94. The molecule has 1 aromatic carbocycles. The Morgan fingerprint density at radius 1 is 1.26 bits per heavy atom. The van der Waals surface area contributed by atoms with Crippen LogP contribution in [0.25, 0.3) is 0 Å². The number of halogens is 5. The lowest BCUT2D eigenvalue weighted by molar-refractivity contribution is 0.102. The molecule has 2 aromatic rings. The number of carbonyl (C=O) groups excluding carboxylic acids is 1. The first-order chi connectivity index (χ1) is 8.91. The molecular formula is C12H4BrCl2F2NO. The maximum Gasteiger partial charge on any atom is 0.218 e. The third-order valence-corrected chi connectivity index (χ3v) is 3.40. The summed E-state index contributed by atoms with van der Waals surface area (Å²) in [4.78, 5) is 15.8. The Labute approximate surface area is 125 Å². The van der Waals surface area contributed by atoms with Crippen LogP contribution in [0.3, 0.4) is 0 Å². The molecule has 0 amide bonds. The highest BCUT2D eigenvalue weighted by Gasteiger charge is 2.24. The van der Waals surface area contributed by atoms with E-state index in [4.69, 9.17) is 23.2 Å². The second-order valence-electron chi connectivity index (χ2n) is 3.53. The molecule has 0 atom stereocenters. The summed E-state index contributed by atoms with van der Waals surface area (Å²) in [7, 11) is 0. The molecular weight excluding hydrogens is 363 g/mol. The van der Waals surface area contributed by atoms with E-state index in [0.29, 0.717) is 0 Å². The van der Waals surface area contributed by atoms with Gasteiger partial charge in [-0.25, -0.2) is 13.8 Å². The second-order valence-corrected chi connectivity index (χ2v) is 5.23. The molecule has 0 aliphatic heterocycles. The minimum Gasteiger partial charge on any atom is -0.287 e. The SMILES string of the molecule is O=C(c1ncc(Cl)cc1Cl)c1c(F)ccc(Br)c1F. The highest BCUT2D eigenvalue weighted by atomic mass is 79.9. The third kappa shape index (κ3) is 2.78. The molecule has 0 aliphatic rings. The number of hydrogen-bond donors (Lipinski definition) is 0. The Kier molecular flexibility index (Phi) is 4.18. The topological polar surface area (TPSA) is 30.0 Å². The maximum absolute atomic E-state index is 13.8. The maximum atomic E-state index is 13.8. The number of nitrogens with zero attached hydrogens (tertiary/aromatic N) is 1. The summed E-state index contributed by atoms with van der Waals surface area (Å²) in [6.07, 6.45) is 1.18. The quantitative estimate of drug-likeness (QED) is 0.571. The van der Waals surface area contributed by atoms with Crippen molar-refractivity contribution in [2.45, 2.75) is 0 Å². The Bertz CT molecular complexity index is 679. The van der Waals surface area contributed by atoms with Gasteiger partial charge in [-0.1, -0.05) is 23.2 Å². The first-order valence-corrected chi connectivity index (χ1v) is 6.46. The Morgan fingerprint density at radius 3 is 2.58 bits per heavy atom. The highest BCUT2D eigenvalue weighted by molar-refractivity contribution is 9.10. The first-order valence-electron chi connectivity index (χ1n) is 4.91. The predicted molar refractivity (Wildman–Crippen MR) is 71.7 cm³/mol. The average molecular weight is 367 g/mol. The summed E-state index contributed by atoms with van der Waals surface area (Å²) in [5, 5.41) is 0.146. The summed E-state index contributed by atoms with van der Waals surface area (Å²) in [5.41, 5.74) is -0.979. The van der Waals surface area contributed by atoms with E-state index in [-0.39, 0.29) is 20.2 Å². The van der Waals surface area contributed by atoms with Crippen LogP contribution >= 0.6 is 39.1 Å². The zero-order valence-corrected chi connectivity index (χ0v) is 12.2. The van der Waals surface area contributed by atoms with Crippen molar-refractivity contribution in [3.8, 4) is 0 Å². The van der Waals surface area contributed by atoms with E-state index >= 15 is 0 Å². The minimum absolute atomic E-state index is 0.0256. The van der Waals surface area contributed by atoms with Gasteiger partial charge >= 0.3 is 0 Å². The van der Waals surface area contributed by atoms with Crippen molar-refractivity contribution in [1.82, 2.24) is 4.98 Å². The van der Waals surface area contributed by atoms with Crippen LogP contribution in [0.2, 0.25) is 10.0 Å². The van der Waals surface area contributed by atoms with Crippen LogP contribution in [-0.4, -0.2) is 10.8 Å². The fourth-order valence-electron chi connectivity index (χ4n) is 1.44. The largest absolute Gasteiger partial charge is 0.287 e. The summed E-state index contributed by atoms with van der Waals surface area (Å²) >= 11 is 14.3. The Hall–Kier alpha value is -1.04. The average Bonchev–Trinajstić information content (AvgIpc) is 2.34. The number of hydrogen-bond acceptors (Lipinski definition) is 2. The van der Waals surface area contributed by atoms with Crippen molar-refractivity contribution in [2.24, 2.45) is 0 Å². The lowest BCUT2D eigenvalue weighted by Crippen LogP contribution is -2.10. The Morgan fingerprint density at radius 2 is 1.95 bits per heavy atom. The lowest BCUT2D eigenvalue weighted by Gasteiger charge is -2.06. The summed E-state index contributed by atoms with van der Waals surface area (Å²) in [6.45, 7) is 0. The van der Waals surface area contributed by atoms with Gasteiger partial charge in [0, 0.05) is 6.20 Å². The predicted octanol–water partition coefficient (Wildman–Crippen LogP) is 4.66. The van der Waals surface area contributed by atoms with Crippen LogP contribution in [-0.2, 0) is 0 Å². The lowest BCUT2D eigenvalue weighted by atomic mass is 10.1. The van der Waals surface area contributed by atoms with Crippen LogP contribution in [0, 0.1) is 11.6 Å². The molecule has 0 saturated heterocycles. The molecule has 19 heavy (non-hydrogen) atoms. The van der Waals surface area contributed by atoms with Gasteiger partial charge in [0.1, 0.15) is 11.5 Å². The zero-order chi connectivity index (χ0) is 14.2. The van der Waals surface area contributed by atoms with Crippen molar-refractivity contribution in [1.29, 1.82) is 0 Å². The van der Waals surface area contributed by atoms with E-state index in [2.05, 4.69) is 20.9 Å². The number of pyridine rings is 1. The number of ketones is 1. The van der Waals surface area contributed by atoms with Crippen molar-refractivity contribution in [3.63, 3.8) is 0 Å². The van der Waals surface area contributed by atoms with E-state index < -0.39 is 23.0 Å². The molecule has 0 aliphatic carbocycles. The first kappa shape index (κ1) is 14.4. The molecule has 1 heterocycles. The van der Waals surface area contributed by atoms with Crippen LogP contribution in [0.4, 0.5) is 8.78 Å². The van der Waals surface area contributed by atoms with Crippen LogP contribution in [0.15, 0.2) is 28.9 Å². The van der Waals surface area contributed by atoms with Crippen molar-refractivity contribution in [3.05, 3.63) is 61.8 Å². The fourth-order valence-corrected chi connectivity index (χ4v) is 2.23. The van der Waals surface area contributed by atoms with Crippen LogP contribution in [0.1, 0.15) is 16.1 Å². The number of carbonyl (C=O) groups is 1. The minimum atomic E-state index is -1.00. The van der Waals surface area contributed by atoms with Crippen molar-refractivity contribution in [2.75, 3.05) is 0 Å². The molecule has 7 heteroatoms. The molecule has 98 valence electrons. The summed E-state index contributed by atoms with van der Waals surface area (Å²) in [6, 6.07) is 3.42. The standard InChI is InChI=1S/C12H4BrCl2F2NO/c13-6-1-2-8(16)9(10(6)17)12(19)11-7(15)3-5(14)4-18-11/h1-4H. The molecule has 0 unspecified atom stereocenters. The van der Waals surface area contributed by atoms with Gasteiger partial charge < -0.3 is 0 Å². The van der Waals surface area contributed by atoms with Gasteiger partial charge in [0.25, 0.3) is 0 Å². The van der Waals surface area contributed by atoms with Gasteiger partial charge in [-0.2, -0.15) is 0 Å². The second kappa shape index (κ2) is 5.53. The van der Waals surface area contributed by atoms with E-state index in [9.17, 15) is 13.6 Å². The van der Waals surface area contributed by atoms with Gasteiger partial charge in [0.15, 0.2) is 5.82 Å². The van der Waals surface area contributed by atoms with E-state index in [0.717, 1.165) is 6.07 Å². The molecule has 0 radical (unpaired) electrons. The molecule has 0 saturated carbocycles. The summed E-state index contributed by atoms with van der Waals surface area (Å²) < 4.78 is 27.4. The Balaban J connectivity index is 2.59. The van der Waals surface area contributed by atoms with Gasteiger partial charge in [-0.15, -0.1) is 0 Å². The number of aromatic nitrogens is 1. The molecule has 0 bridgehead atoms. The van der Waals surface area contributed by atoms with Crippen molar-refractivity contribution < 1.29 is 13.6 Å². The van der Waals surface area contributed by atoms with Gasteiger partial charge in [0.05, 0.1) is 20.1 Å². The molecule has 2 rings (SSSR count). The van der Waals surface area contributed by atoms with E-state index in [1.807, 2.05) is 0 Å². The molecule has 0 spiro atoms. The third-order valence-electron chi connectivity index (χ3n) is 2.29.